The summed E-state index contributed by atoms with van der Waals surface area (Å²) in [5, 5.41) is 0. The summed E-state index contributed by atoms with van der Waals surface area (Å²) in [6, 6.07) is 16.5. The normalized spacial score (nSPS) is 10.6. The van der Waals surface area contributed by atoms with Crippen LogP contribution in [0.3, 0.4) is 0 Å². The largest absolute Gasteiger partial charge is 0.423 e. The van der Waals surface area contributed by atoms with Gasteiger partial charge in [0.1, 0.15) is 17.2 Å². The Hall–Kier alpha value is -4.71. The van der Waals surface area contributed by atoms with Gasteiger partial charge in [0.25, 0.3) is 0 Å². The molecule has 0 heterocycles. The molecule has 3 aromatic rings. The van der Waals surface area contributed by atoms with Crippen LogP contribution in [0.1, 0.15) is 60.1 Å². The summed E-state index contributed by atoms with van der Waals surface area (Å²) in [7, 11) is 0. The van der Waals surface area contributed by atoms with E-state index in [4.69, 9.17) is 14.2 Å². The summed E-state index contributed by atoms with van der Waals surface area (Å²) < 4.78 is 16.3. The number of benzene rings is 3. The second-order valence-corrected chi connectivity index (χ2v) is 10.00. The maximum absolute atomic E-state index is 12.1. The predicted molar refractivity (Wildman–Crippen MR) is 156 cm³/mol. The van der Waals surface area contributed by atoms with Gasteiger partial charge in [0.05, 0.1) is 0 Å². The maximum atomic E-state index is 12.1. The van der Waals surface area contributed by atoms with Crippen LogP contribution in [0.5, 0.6) is 17.2 Å². The Balaban J connectivity index is 2.13. The van der Waals surface area contributed by atoms with E-state index in [1.165, 1.54) is 0 Å². The lowest BCUT2D eigenvalue weighted by Gasteiger charge is -2.25. The van der Waals surface area contributed by atoms with Crippen molar-refractivity contribution in [3.63, 3.8) is 0 Å². The number of rotatable bonds is 9. The fourth-order valence-electron chi connectivity index (χ4n) is 4.19. The van der Waals surface area contributed by atoms with E-state index in [9.17, 15) is 14.4 Å². The molecule has 0 unspecified atom stereocenters. The van der Waals surface area contributed by atoms with E-state index >= 15 is 0 Å². The van der Waals surface area contributed by atoms with Gasteiger partial charge in [-0.25, -0.2) is 14.4 Å². The van der Waals surface area contributed by atoms with Crippen LogP contribution in [0.25, 0.3) is 0 Å². The molecule has 0 fully saturated rings. The Morgan fingerprint density at radius 1 is 0.525 bits per heavy atom. The Bertz CT molecular complexity index is 1360. The Labute approximate surface area is 235 Å². The predicted octanol–water partition coefficient (Wildman–Crippen LogP) is 7.24. The second-order valence-electron chi connectivity index (χ2n) is 10.00. The number of carbonyl (C=O) groups excluding carboxylic acids is 3. The van der Waals surface area contributed by atoms with E-state index in [0.717, 1.165) is 33.4 Å². The van der Waals surface area contributed by atoms with Crippen molar-refractivity contribution in [3.05, 3.63) is 124 Å². The number of hydrogen-bond acceptors (Lipinski definition) is 6. The summed E-state index contributed by atoms with van der Waals surface area (Å²) in [4.78, 5) is 36.2. The molecule has 0 bridgehead atoms. The molecular formula is C34H34O6. The summed E-state index contributed by atoms with van der Waals surface area (Å²) in [5.74, 6) is -0.440. The van der Waals surface area contributed by atoms with Crippen molar-refractivity contribution < 1.29 is 28.6 Å². The van der Waals surface area contributed by atoms with E-state index in [0.29, 0.717) is 34.0 Å². The molecule has 0 atom stereocenters. The molecule has 6 heteroatoms. The van der Waals surface area contributed by atoms with Crippen molar-refractivity contribution in [2.45, 2.75) is 47.5 Å². The summed E-state index contributed by atoms with van der Waals surface area (Å²) in [6.07, 6.45) is 0. The van der Waals surface area contributed by atoms with Gasteiger partial charge in [-0.15, -0.1) is 0 Å². The van der Waals surface area contributed by atoms with Crippen LogP contribution < -0.4 is 14.2 Å². The van der Waals surface area contributed by atoms with Crippen LogP contribution in [0.4, 0.5) is 0 Å². The van der Waals surface area contributed by atoms with Crippen molar-refractivity contribution in [1.29, 1.82) is 0 Å². The average molecular weight is 539 g/mol. The van der Waals surface area contributed by atoms with E-state index in [2.05, 4.69) is 19.7 Å². The molecule has 0 aliphatic rings. The van der Waals surface area contributed by atoms with Crippen molar-refractivity contribution in [1.82, 2.24) is 0 Å². The van der Waals surface area contributed by atoms with Gasteiger partial charge < -0.3 is 14.2 Å². The summed E-state index contributed by atoms with van der Waals surface area (Å²) >= 11 is 0. The van der Waals surface area contributed by atoms with Crippen molar-refractivity contribution in [2.24, 2.45) is 0 Å². The SMILES string of the molecule is C=C(C)C(=O)Oc1ccc(C(c2ccc(OC(=O)C(=C)C)cc2C)c2ccc(OC(=O)C(=C)C)cc2C)c(C)c1. The van der Waals surface area contributed by atoms with Gasteiger partial charge in [-0.1, -0.05) is 37.9 Å². The molecule has 0 N–H and O–H groups in total. The van der Waals surface area contributed by atoms with Crippen LogP contribution in [0, 0.1) is 20.8 Å². The van der Waals surface area contributed by atoms with Gasteiger partial charge in [0.15, 0.2) is 0 Å². The molecule has 40 heavy (non-hydrogen) atoms. The highest BCUT2D eigenvalue weighted by atomic mass is 16.5. The number of carbonyl (C=O) groups is 3. The number of aryl methyl sites for hydroxylation is 3. The Morgan fingerprint density at radius 2 is 0.775 bits per heavy atom. The second kappa shape index (κ2) is 12.4. The van der Waals surface area contributed by atoms with Crippen molar-refractivity contribution in [3.8, 4) is 17.2 Å². The lowest BCUT2D eigenvalue weighted by Crippen LogP contribution is -2.12. The van der Waals surface area contributed by atoms with E-state index in [1.807, 2.05) is 57.2 Å². The first-order chi connectivity index (χ1) is 18.8. The lowest BCUT2D eigenvalue weighted by molar-refractivity contribution is -0.130. The minimum absolute atomic E-state index is 0.234. The van der Waals surface area contributed by atoms with Gasteiger partial charge >= 0.3 is 17.9 Å². The first-order valence-corrected chi connectivity index (χ1v) is 12.7. The van der Waals surface area contributed by atoms with Crippen LogP contribution in [0.15, 0.2) is 91.1 Å². The van der Waals surface area contributed by atoms with Crippen LogP contribution in [-0.2, 0) is 14.4 Å². The third kappa shape index (κ3) is 7.03. The van der Waals surface area contributed by atoms with Gasteiger partial charge in [-0.05, 0) is 111 Å². The zero-order valence-corrected chi connectivity index (χ0v) is 23.8. The number of hydrogen-bond donors (Lipinski definition) is 0. The van der Waals surface area contributed by atoms with Crippen molar-refractivity contribution in [2.75, 3.05) is 0 Å². The molecule has 0 spiro atoms. The van der Waals surface area contributed by atoms with Gasteiger partial charge in [0.2, 0.25) is 0 Å². The molecule has 206 valence electrons. The molecule has 6 nitrogen and oxygen atoms in total. The van der Waals surface area contributed by atoms with Gasteiger partial charge in [0, 0.05) is 22.6 Å². The minimum atomic E-state index is -0.491. The van der Waals surface area contributed by atoms with E-state index < -0.39 is 17.9 Å². The molecule has 0 saturated heterocycles. The molecule has 0 aliphatic heterocycles. The fraction of sp³-hybridized carbons (Fsp3) is 0.206. The highest BCUT2D eigenvalue weighted by molar-refractivity contribution is 5.89. The number of esters is 3. The monoisotopic (exact) mass is 538 g/mol. The molecule has 0 radical (unpaired) electrons. The third-order valence-electron chi connectivity index (χ3n) is 6.33. The smallest absolute Gasteiger partial charge is 0.338 e. The molecule has 0 amide bonds. The lowest BCUT2D eigenvalue weighted by atomic mass is 9.79. The molecule has 0 aromatic heterocycles. The first-order valence-electron chi connectivity index (χ1n) is 12.7. The molecule has 0 aliphatic carbocycles. The summed E-state index contributed by atoms with van der Waals surface area (Å²) in [6.45, 7) is 21.6. The highest BCUT2D eigenvalue weighted by Crippen LogP contribution is 2.40. The van der Waals surface area contributed by atoms with Crippen molar-refractivity contribution >= 4 is 17.9 Å². The standard InChI is InChI=1S/C34H34O6/c1-19(2)32(35)38-25-10-13-28(22(7)16-25)31(29-14-11-26(17-23(29)8)39-33(36)20(3)4)30-15-12-27(18-24(30)9)40-34(37)21(5)6/h10-18,31H,1,3,5H2,2,4,6-9H3. The third-order valence-corrected chi connectivity index (χ3v) is 6.33. The topological polar surface area (TPSA) is 78.9 Å². The van der Waals surface area contributed by atoms with E-state index in [1.54, 1.807) is 39.0 Å². The minimum Gasteiger partial charge on any atom is -0.423 e. The van der Waals surface area contributed by atoms with Crippen LogP contribution in [0.2, 0.25) is 0 Å². The van der Waals surface area contributed by atoms with Gasteiger partial charge in [-0.3, -0.25) is 0 Å². The molecule has 0 saturated carbocycles. The van der Waals surface area contributed by atoms with Crippen LogP contribution >= 0.6 is 0 Å². The maximum Gasteiger partial charge on any atom is 0.338 e. The molecular weight excluding hydrogens is 504 g/mol. The summed E-state index contributed by atoms with van der Waals surface area (Å²) in [5.41, 5.74) is 6.62. The first kappa shape index (κ1) is 29.8. The molecule has 3 aromatic carbocycles. The Kier molecular flexibility index (Phi) is 9.27. The van der Waals surface area contributed by atoms with E-state index in [-0.39, 0.29) is 5.92 Å². The quantitative estimate of drug-likeness (QED) is 0.124. The zero-order chi connectivity index (χ0) is 29.7. The van der Waals surface area contributed by atoms with Gasteiger partial charge in [-0.2, -0.15) is 0 Å². The van der Waals surface area contributed by atoms with Crippen LogP contribution in [-0.4, -0.2) is 17.9 Å². The average Bonchev–Trinajstić information content (AvgIpc) is 2.87. The fourth-order valence-corrected chi connectivity index (χ4v) is 4.19. The Morgan fingerprint density at radius 3 is 0.975 bits per heavy atom. The number of ether oxygens (including phenoxy) is 3. The zero-order valence-electron chi connectivity index (χ0n) is 23.8. The highest BCUT2D eigenvalue weighted by Gasteiger charge is 2.24. The molecule has 3 rings (SSSR count).